The molecule has 0 heterocycles. The summed E-state index contributed by atoms with van der Waals surface area (Å²) < 4.78 is 41.3. The summed E-state index contributed by atoms with van der Waals surface area (Å²) in [6.07, 6.45) is -0.445. The lowest BCUT2D eigenvalue weighted by Gasteiger charge is -2.25. The molecule has 0 aliphatic rings. The van der Waals surface area contributed by atoms with Gasteiger partial charge in [0.05, 0.1) is 12.2 Å². The molecule has 11 heteroatoms. The van der Waals surface area contributed by atoms with Crippen molar-refractivity contribution in [2.24, 2.45) is 4.52 Å². The first-order valence-corrected chi connectivity index (χ1v) is 14.2. The van der Waals surface area contributed by atoms with Crippen molar-refractivity contribution in [2.75, 3.05) is 0 Å². The predicted octanol–water partition coefficient (Wildman–Crippen LogP) is 7.53. The number of rotatable bonds is 15. The average Bonchev–Trinajstić information content (AvgIpc) is 2.41. The Kier molecular flexibility index (Phi) is 15.0. The quantitative estimate of drug-likeness (QED) is 0.245. The van der Waals surface area contributed by atoms with E-state index in [2.05, 4.69) is 4.86 Å². The SMILES string of the molecule is CC(C)OP(N[P+](N=[P+](OC(C)C)OC(C)C)(OC(C)C)OC(C)C)OC(C)C. The van der Waals surface area contributed by atoms with Crippen molar-refractivity contribution < 1.29 is 27.1 Å². The summed E-state index contributed by atoms with van der Waals surface area (Å²) in [6, 6.07) is 0. The molecular weight excluding hydrogens is 433 g/mol. The lowest BCUT2D eigenvalue weighted by Crippen LogP contribution is -2.23. The number of nitrogens with zero attached hydrogens (tertiary/aromatic N) is 1. The van der Waals surface area contributed by atoms with E-state index in [0.717, 1.165) is 0 Å². The van der Waals surface area contributed by atoms with Crippen molar-refractivity contribution in [3.8, 4) is 0 Å². The minimum Gasteiger partial charge on any atom is -0.317 e. The predicted molar refractivity (Wildman–Crippen MR) is 124 cm³/mol. The summed E-state index contributed by atoms with van der Waals surface area (Å²) in [4.78, 5) is 3.35. The molecule has 0 amide bonds. The van der Waals surface area contributed by atoms with Crippen molar-refractivity contribution in [3.63, 3.8) is 0 Å². The summed E-state index contributed by atoms with van der Waals surface area (Å²) in [6.45, 7) is 23.4. The fraction of sp³-hybridized carbons (Fsp3) is 1.00. The molecule has 0 radical (unpaired) electrons. The van der Waals surface area contributed by atoms with E-state index in [9.17, 15) is 0 Å². The second-order valence-electron chi connectivity index (χ2n) is 8.13. The molecule has 0 aromatic heterocycles. The Morgan fingerprint density at radius 2 is 1.00 bits per heavy atom. The maximum atomic E-state index is 6.26. The van der Waals surface area contributed by atoms with Gasteiger partial charge in [-0.15, -0.1) is 9.05 Å². The van der Waals surface area contributed by atoms with Crippen LogP contribution < -0.4 is 4.86 Å². The van der Waals surface area contributed by atoms with Crippen LogP contribution in [0.1, 0.15) is 83.1 Å². The molecule has 174 valence electrons. The first-order valence-electron chi connectivity index (χ1n) is 10.3. The zero-order valence-corrected chi connectivity index (χ0v) is 22.9. The van der Waals surface area contributed by atoms with E-state index in [1.807, 2.05) is 83.1 Å². The van der Waals surface area contributed by atoms with E-state index in [4.69, 9.17) is 31.7 Å². The maximum Gasteiger partial charge on any atom is 0.605 e. The van der Waals surface area contributed by atoms with Gasteiger partial charge in [-0.25, -0.2) is 0 Å². The van der Waals surface area contributed by atoms with Crippen LogP contribution in [-0.2, 0) is 27.1 Å². The van der Waals surface area contributed by atoms with Crippen molar-refractivity contribution in [1.82, 2.24) is 4.86 Å². The Morgan fingerprint density at radius 3 is 1.28 bits per heavy atom. The molecular formula is C18H43N2O6P3+2. The molecule has 0 bridgehead atoms. The third-order valence-electron chi connectivity index (χ3n) is 2.32. The number of nitrogens with one attached hydrogen (secondary N) is 1. The molecule has 0 aromatic carbocycles. The highest BCUT2D eigenvalue weighted by Crippen LogP contribution is 2.69. The zero-order valence-electron chi connectivity index (χ0n) is 20.2. The van der Waals surface area contributed by atoms with Crippen LogP contribution in [0, 0.1) is 0 Å². The second kappa shape index (κ2) is 14.7. The van der Waals surface area contributed by atoms with Crippen LogP contribution in [0.5, 0.6) is 0 Å². The Labute approximate surface area is 181 Å². The highest BCUT2D eigenvalue weighted by atomic mass is 31.3. The van der Waals surface area contributed by atoms with Gasteiger partial charge >= 0.3 is 16.2 Å². The number of hydrogen-bond donors (Lipinski definition) is 1. The van der Waals surface area contributed by atoms with Crippen LogP contribution >= 0.6 is 24.7 Å². The summed E-state index contributed by atoms with van der Waals surface area (Å²) >= 11 is 0. The lowest BCUT2D eigenvalue weighted by atomic mass is 10.5. The van der Waals surface area contributed by atoms with Gasteiger partial charge in [0.2, 0.25) is 4.52 Å². The molecule has 0 aliphatic carbocycles. The van der Waals surface area contributed by atoms with E-state index in [1.54, 1.807) is 0 Å². The molecule has 0 spiro atoms. The largest absolute Gasteiger partial charge is 0.605 e. The number of hydrogen-bond acceptors (Lipinski definition) is 8. The lowest BCUT2D eigenvalue weighted by molar-refractivity contribution is 0.147. The monoisotopic (exact) mass is 476 g/mol. The highest BCUT2D eigenvalue weighted by Gasteiger charge is 2.57. The van der Waals surface area contributed by atoms with E-state index >= 15 is 0 Å². The van der Waals surface area contributed by atoms with Crippen LogP contribution in [0.3, 0.4) is 0 Å². The smallest absolute Gasteiger partial charge is 0.317 e. The molecule has 1 N–H and O–H groups in total. The normalized spacial score (nSPS) is 13.2. The summed E-state index contributed by atoms with van der Waals surface area (Å²) in [7, 11) is -6.12. The summed E-state index contributed by atoms with van der Waals surface area (Å²) in [5.74, 6) is 0. The van der Waals surface area contributed by atoms with E-state index in [0.29, 0.717) is 0 Å². The van der Waals surface area contributed by atoms with Gasteiger partial charge in [-0.3, -0.25) is 0 Å². The van der Waals surface area contributed by atoms with Crippen LogP contribution in [0.25, 0.3) is 0 Å². The van der Waals surface area contributed by atoms with Crippen molar-refractivity contribution in [2.45, 2.75) is 120 Å². The standard InChI is InChI=1S/C18H43N2O6P3/c1-13(2)21-27(22-14(3)4)19-29(25-17(9)10,26-18(11)12)20-28(23-15(5)6)24-16(7)8/h13-19H,1-12H3/q+2. The van der Waals surface area contributed by atoms with Gasteiger partial charge < -0.3 is 9.05 Å². The van der Waals surface area contributed by atoms with Gasteiger partial charge in [-0.05, 0) is 87.9 Å². The molecule has 0 saturated heterocycles. The fourth-order valence-electron chi connectivity index (χ4n) is 1.79. The van der Waals surface area contributed by atoms with E-state index in [1.165, 1.54) is 0 Å². The van der Waals surface area contributed by atoms with Crippen molar-refractivity contribution in [1.29, 1.82) is 0 Å². The third-order valence-corrected chi connectivity index (χ3v) is 9.36. The van der Waals surface area contributed by atoms with E-state index < -0.39 is 24.7 Å². The van der Waals surface area contributed by atoms with Crippen LogP contribution in [-0.4, -0.2) is 36.6 Å². The molecule has 0 aromatic rings. The molecule has 0 aliphatic heterocycles. The fourth-order valence-corrected chi connectivity index (χ4v) is 8.11. The second-order valence-corrected chi connectivity index (χ2v) is 12.9. The Balaban J connectivity index is 6.17. The first kappa shape index (κ1) is 29.7. The van der Waals surface area contributed by atoms with Gasteiger partial charge in [0.25, 0.3) is 8.53 Å². The van der Waals surface area contributed by atoms with Gasteiger partial charge in [0.1, 0.15) is 24.4 Å². The molecule has 0 atom stereocenters. The molecule has 0 unspecified atom stereocenters. The Hall–Kier alpha value is 0.680. The molecule has 0 saturated carbocycles. The summed E-state index contributed by atoms with van der Waals surface area (Å²) in [5.41, 5.74) is 0. The van der Waals surface area contributed by atoms with Gasteiger partial charge in [0, 0.05) is 0 Å². The third kappa shape index (κ3) is 15.2. The maximum absolute atomic E-state index is 6.26. The molecule has 0 fully saturated rings. The first-order chi connectivity index (χ1) is 13.2. The molecule has 29 heavy (non-hydrogen) atoms. The van der Waals surface area contributed by atoms with Gasteiger partial charge in [0.15, 0.2) is 0 Å². The highest BCUT2D eigenvalue weighted by molar-refractivity contribution is 7.74. The van der Waals surface area contributed by atoms with Crippen LogP contribution in [0.2, 0.25) is 0 Å². The Bertz CT molecular complexity index is 445. The van der Waals surface area contributed by atoms with Crippen molar-refractivity contribution in [3.05, 3.63) is 0 Å². The average molecular weight is 476 g/mol. The zero-order chi connectivity index (χ0) is 22.8. The Morgan fingerprint density at radius 1 is 0.621 bits per heavy atom. The van der Waals surface area contributed by atoms with Crippen LogP contribution in [0.15, 0.2) is 4.52 Å². The van der Waals surface area contributed by atoms with Gasteiger partial charge in [-0.2, -0.15) is 9.05 Å². The van der Waals surface area contributed by atoms with Crippen LogP contribution in [0.4, 0.5) is 0 Å². The van der Waals surface area contributed by atoms with Gasteiger partial charge in [-0.1, -0.05) is 0 Å². The minimum absolute atomic E-state index is 0.0345. The topological polar surface area (TPSA) is 79.8 Å². The van der Waals surface area contributed by atoms with Crippen molar-refractivity contribution >= 4 is 24.7 Å². The van der Waals surface area contributed by atoms with E-state index in [-0.39, 0.29) is 36.6 Å². The minimum atomic E-state index is -3.01. The summed E-state index contributed by atoms with van der Waals surface area (Å²) in [5, 5.41) is 0. The molecule has 0 rings (SSSR count). The molecule has 8 nitrogen and oxygen atoms in total.